The summed E-state index contributed by atoms with van der Waals surface area (Å²) >= 11 is 0. The first-order valence-corrected chi connectivity index (χ1v) is 10.7. The second-order valence-corrected chi connectivity index (χ2v) is 8.33. The second-order valence-electron chi connectivity index (χ2n) is 6.65. The van der Waals surface area contributed by atoms with Crippen LogP contribution in [-0.2, 0) is 14.8 Å². The van der Waals surface area contributed by atoms with Gasteiger partial charge in [0.15, 0.2) is 5.69 Å². The van der Waals surface area contributed by atoms with Gasteiger partial charge in [0.1, 0.15) is 0 Å². The Morgan fingerprint density at radius 3 is 2.52 bits per heavy atom. The summed E-state index contributed by atoms with van der Waals surface area (Å²) in [5, 5.41) is 12.1. The van der Waals surface area contributed by atoms with Gasteiger partial charge in [-0.05, 0) is 41.1 Å². The van der Waals surface area contributed by atoms with Crippen LogP contribution in [0.1, 0.15) is 12.6 Å². The molecule has 0 bridgehead atoms. The van der Waals surface area contributed by atoms with Crippen LogP contribution in [0.2, 0.25) is 0 Å². The minimum Gasteiger partial charge on any atom is -0.479 e. The summed E-state index contributed by atoms with van der Waals surface area (Å²) in [6, 6.07) is 19.0. The molecule has 1 amide bonds. The van der Waals surface area contributed by atoms with Gasteiger partial charge in [0.2, 0.25) is 11.8 Å². The third kappa shape index (κ3) is 4.31. The van der Waals surface area contributed by atoms with Crippen molar-refractivity contribution in [3.63, 3.8) is 0 Å². The van der Waals surface area contributed by atoms with E-state index in [1.807, 2.05) is 47.2 Å². The van der Waals surface area contributed by atoms with Gasteiger partial charge in [0, 0.05) is 12.5 Å². The van der Waals surface area contributed by atoms with Gasteiger partial charge < -0.3 is 9.52 Å². The maximum absolute atomic E-state index is 12.0. The molecule has 0 radical (unpaired) electrons. The fraction of sp³-hybridized carbons (Fsp3) is 0.0455. The summed E-state index contributed by atoms with van der Waals surface area (Å²) < 4.78 is 31.3. The van der Waals surface area contributed by atoms with Gasteiger partial charge in [-0.25, -0.2) is 18.1 Å². The number of benzene rings is 3. The molecule has 0 aliphatic heterocycles. The zero-order valence-electron chi connectivity index (χ0n) is 16.3. The van der Waals surface area contributed by atoms with Gasteiger partial charge in [-0.2, -0.15) is 0 Å². The summed E-state index contributed by atoms with van der Waals surface area (Å²) in [7, 11) is -3.91. The molecule has 8 nitrogen and oxygen atoms in total. The molecule has 0 unspecified atom stereocenters. The van der Waals surface area contributed by atoms with E-state index in [4.69, 9.17) is 4.42 Å². The normalized spacial score (nSPS) is 11.8. The second kappa shape index (κ2) is 8.04. The molecule has 0 aliphatic rings. The van der Waals surface area contributed by atoms with Crippen LogP contribution >= 0.6 is 0 Å². The minimum absolute atomic E-state index is 0.0656. The molecule has 4 rings (SSSR count). The highest BCUT2D eigenvalue weighted by atomic mass is 32.2. The molecule has 1 aromatic heterocycles. The van der Waals surface area contributed by atoms with Crippen LogP contribution in [-0.4, -0.2) is 30.6 Å². The lowest BCUT2D eigenvalue weighted by molar-refractivity contribution is -0.117. The molecule has 0 atom stereocenters. The zero-order valence-corrected chi connectivity index (χ0v) is 17.1. The van der Waals surface area contributed by atoms with Crippen LogP contribution in [0.15, 0.2) is 81.0 Å². The first-order chi connectivity index (χ1) is 14.8. The van der Waals surface area contributed by atoms with Crippen LogP contribution in [0.5, 0.6) is 5.95 Å². The number of aromatic nitrogens is 1. The number of carbonyl (C=O) groups excluding carboxylic acids is 1. The van der Waals surface area contributed by atoms with Crippen LogP contribution in [0, 0.1) is 0 Å². The van der Waals surface area contributed by atoms with Crippen molar-refractivity contribution in [3.8, 4) is 17.4 Å². The fourth-order valence-corrected chi connectivity index (χ4v) is 4.02. The molecule has 0 fully saturated rings. The average molecular weight is 435 g/mol. The molecule has 156 valence electrons. The fourth-order valence-electron chi connectivity index (χ4n) is 3.03. The van der Waals surface area contributed by atoms with Crippen LogP contribution in [0.25, 0.3) is 22.2 Å². The van der Waals surface area contributed by atoms with Crippen molar-refractivity contribution in [2.24, 2.45) is 4.99 Å². The Kier molecular flexibility index (Phi) is 5.26. The number of oxazole rings is 1. The third-order valence-electron chi connectivity index (χ3n) is 4.42. The molecular formula is C22H17N3O5S. The number of carbonyl (C=O) groups is 1. The Bertz CT molecular complexity index is 1400. The Labute approximate surface area is 177 Å². The van der Waals surface area contributed by atoms with Gasteiger partial charge in [-0.3, -0.25) is 9.79 Å². The molecule has 3 aromatic carbocycles. The highest BCUT2D eigenvalue weighted by Gasteiger charge is 2.16. The number of aromatic hydroxyl groups is 1. The molecule has 0 saturated carbocycles. The maximum Gasteiger partial charge on any atom is 0.312 e. The molecule has 31 heavy (non-hydrogen) atoms. The summed E-state index contributed by atoms with van der Waals surface area (Å²) in [5.74, 6) is -0.797. The van der Waals surface area contributed by atoms with Crippen molar-refractivity contribution in [1.29, 1.82) is 0 Å². The van der Waals surface area contributed by atoms with Crippen LogP contribution in [0.3, 0.4) is 0 Å². The van der Waals surface area contributed by atoms with Gasteiger partial charge in [-0.15, -0.1) is 0 Å². The number of hydrogen-bond acceptors (Lipinski definition) is 7. The van der Waals surface area contributed by atoms with E-state index in [-0.39, 0.29) is 22.4 Å². The average Bonchev–Trinajstić information content (AvgIpc) is 3.11. The molecule has 0 aliphatic carbocycles. The van der Waals surface area contributed by atoms with Gasteiger partial charge in [0.05, 0.1) is 16.8 Å². The summed E-state index contributed by atoms with van der Waals surface area (Å²) in [6.45, 7) is 1.12. The quantitative estimate of drug-likeness (QED) is 0.460. The number of amides is 1. The SMILES string of the molecule is CC(=O)NS(=O)(=O)c1ccc(N=Cc2nc(-c3cccc4ccccc34)oc2O)cc1. The van der Waals surface area contributed by atoms with Gasteiger partial charge in [0.25, 0.3) is 10.0 Å². The number of nitrogens with zero attached hydrogens (tertiary/aromatic N) is 2. The first kappa shape index (κ1) is 20.3. The lowest BCUT2D eigenvalue weighted by atomic mass is 10.0. The van der Waals surface area contributed by atoms with E-state index in [1.54, 1.807) is 0 Å². The predicted octanol–water partition coefficient (Wildman–Crippen LogP) is 3.78. The Morgan fingerprint density at radius 2 is 1.77 bits per heavy atom. The van der Waals surface area contributed by atoms with Crippen molar-refractivity contribution >= 4 is 38.6 Å². The number of hydrogen-bond donors (Lipinski definition) is 2. The lowest BCUT2D eigenvalue weighted by Gasteiger charge is -2.04. The highest BCUT2D eigenvalue weighted by Crippen LogP contribution is 2.31. The van der Waals surface area contributed by atoms with Gasteiger partial charge >= 0.3 is 5.95 Å². The van der Waals surface area contributed by atoms with Crippen LogP contribution < -0.4 is 4.72 Å². The number of aliphatic imine (C=N–C) groups is 1. The van der Waals surface area contributed by atoms with E-state index < -0.39 is 15.9 Å². The van der Waals surface area contributed by atoms with E-state index in [0.717, 1.165) is 23.3 Å². The number of fused-ring (bicyclic) bond motifs is 1. The van der Waals surface area contributed by atoms with Crippen molar-refractivity contribution in [2.45, 2.75) is 11.8 Å². The van der Waals surface area contributed by atoms with E-state index in [9.17, 15) is 18.3 Å². The van der Waals surface area contributed by atoms with Crippen LogP contribution in [0.4, 0.5) is 5.69 Å². The molecule has 4 aromatic rings. The molecular weight excluding hydrogens is 418 g/mol. The van der Waals surface area contributed by atoms with E-state index >= 15 is 0 Å². The van der Waals surface area contributed by atoms with E-state index in [1.165, 1.54) is 30.5 Å². The molecule has 0 spiro atoms. The lowest BCUT2D eigenvalue weighted by Crippen LogP contribution is -2.28. The summed E-state index contributed by atoms with van der Waals surface area (Å²) in [4.78, 5) is 19.5. The molecule has 1 heterocycles. The molecule has 9 heteroatoms. The number of rotatable bonds is 5. The van der Waals surface area contributed by atoms with Crippen molar-refractivity contribution < 1.29 is 22.7 Å². The Morgan fingerprint density at radius 1 is 1.06 bits per heavy atom. The topological polar surface area (TPSA) is 122 Å². The van der Waals surface area contributed by atoms with E-state index in [2.05, 4.69) is 9.98 Å². The molecule has 2 N–H and O–H groups in total. The summed E-state index contributed by atoms with van der Waals surface area (Å²) in [5.41, 5.74) is 1.30. The van der Waals surface area contributed by atoms with Crippen molar-refractivity contribution in [1.82, 2.24) is 9.71 Å². The Balaban J connectivity index is 1.59. The maximum atomic E-state index is 12.0. The smallest absolute Gasteiger partial charge is 0.312 e. The monoisotopic (exact) mass is 435 g/mol. The highest BCUT2D eigenvalue weighted by molar-refractivity contribution is 7.90. The predicted molar refractivity (Wildman–Crippen MR) is 116 cm³/mol. The first-order valence-electron chi connectivity index (χ1n) is 9.19. The number of sulfonamides is 1. The van der Waals surface area contributed by atoms with Gasteiger partial charge in [-0.1, -0.05) is 36.4 Å². The number of nitrogens with one attached hydrogen (secondary N) is 1. The summed E-state index contributed by atoms with van der Waals surface area (Å²) in [6.07, 6.45) is 1.32. The minimum atomic E-state index is -3.91. The molecule has 0 saturated heterocycles. The van der Waals surface area contributed by atoms with Crippen molar-refractivity contribution in [2.75, 3.05) is 0 Å². The third-order valence-corrected chi connectivity index (χ3v) is 5.86. The zero-order chi connectivity index (χ0) is 22.0. The van der Waals surface area contributed by atoms with Crippen molar-refractivity contribution in [3.05, 3.63) is 72.4 Å². The largest absolute Gasteiger partial charge is 0.479 e. The Hall–Kier alpha value is -3.98. The standard InChI is InChI=1S/C22H17N3O5S/c1-14(26)25-31(28,29)17-11-9-16(10-12-17)23-13-20-22(27)30-21(24-20)19-8-4-6-15-5-2-3-7-18(15)19/h2-13,27H,1H3,(H,25,26). The van der Waals surface area contributed by atoms with E-state index in [0.29, 0.717) is 5.69 Å².